The first-order valence-corrected chi connectivity index (χ1v) is 10.8. The second kappa shape index (κ2) is 7.32. The number of ketones is 2. The fraction of sp³-hybridized carbons (Fsp3) is 0.667. The van der Waals surface area contributed by atoms with Gasteiger partial charge >= 0.3 is 6.09 Å². The topological polar surface area (TPSA) is 156 Å². The molecule has 3 fully saturated rings. The van der Waals surface area contributed by atoms with Crippen molar-refractivity contribution in [3.05, 3.63) is 22.5 Å². The maximum absolute atomic E-state index is 13.5. The van der Waals surface area contributed by atoms with E-state index in [4.69, 9.17) is 25.7 Å². The summed E-state index contributed by atoms with van der Waals surface area (Å²) in [5.74, 6) is -0.940. The summed E-state index contributed by atoms with van der Waals surface area (Å²) in [7, 11) is 1.53. The van der Waals surface area contributed by atoms with E-state index in [0.29, 0.717) is 19.1 Å². The highest BCUT2D eigenvalue weighted by atomic mass is 16.6. The summed E-state index contributed by atoms with van der Waals surface area (Å²) < 4.78 is 16.8. The van der Waals surface area contributed by atoms with Gasteiger partial charge in [0.25, 0.3) is 0 Å². The van der Waals surface area contributed by atoms with Gasteiger partial charge in [-0.25, -0.2) is 4.79 Å². The highest BCUT2D eigenvalue weighted by Gasteiger charge is 2.72. The number of hydrogen-bond acceptors (Lipinski definition) is 9. The summed E-state index contributed by atoms with van der Waals surface area (Å²) >= 11 is 0. The number of carbonyl (C=O) groups excluding carboxylic acids is 3. The number of piperazine rings is 1. The van der Waals surface area contributed by atoms with Gasteiger partial charge in [-0.05, 0) is 18.8 Å². The van der Waals surface area contributed by atoms with Crippen molar-refractivity contribution >= 4 is 17.7 Å². The Morgan fingerprint density at radius 3 is 2.65 bits per heavy atom. The van der Waals surface area contributed by atoms with Crippen LogP contribution in [0.25, 0.3) is 0 Å². The van der Waals surface area contributed by atoms with E-state index in [1.165, 1.54) is 20.0 Å². The van der Waals surface area contributed by atoms with Gasteiger partial charge in [-0.15, -0.1) is 0 Å². The number of ether oxygens (including phenoxy) is 3. The second-order valence-electron chi connectivity index (χ2n) is 8.98. The van der Waals surface area contributed by atoms with Crippen LogP contribution >= 0.6 is 0 Å². The van der Waals surface area contributed by atoms with Crippen molar-refractivity contribution in [2.45, 2.75) is 43.5 Å². The molecule has 3 aliphatic heterocycles. The minimum Gasteiger partial charge on any atom is -0.449 e. The standard InChI is InChI=1S/C21H28N4O6/c1-29-21-12(9-31-20(23)28)14-16(25(21)6-13-19(21)24-13)17(26)11(15(22)18(14)27)8-30-7-10-4-2-3-5-10/h10,12-13,19,24H,2-9,22H2,1H3,(H2,23,28). The van der Waals surface area contributed by atoms with Crippen LogP contribution < -0.4 is 16.8 Å². The average molecular weight is 432 g/mol. The number of hydrogen-bond donors (Lipinski definition) is 3. The van der Waals surface area contributed by atoms with Crippen LogP contribution in [0.2, 0.25) is 0 Å². The molecule has 2 aliphatic carbocycles. The molecule has 0 aromatic rings. The molecule has 5 aliphatic rings. The Labute approximate surface area is 179 Å². The van der Waals surface area contributed by atoms with E-state index in [2.05, 4.69) is 5.32 Å². The monoisotopic (exact) mass is 432 g/mol. The number of methoxy groups -OCH3 is 1. The maximum Gasteiger partial charge on any atom is 0.404 e. The number of allylic oxidation sites excluding steroid dienone is 2. The molecule has 5 N–H and O–H groups in total. The van der Waals surface area contributed by atoms with Gasteiger partial charge in [-0.1, -0.05) is 12.8 Å². The van der Waals surface area contributed by atoms with Gasteiger partial charge in [0, 0.05) is 31.9 Å². The van der Waals surface area contributed by atoms with Crippen molar-refractivity contribution < 1.29 is 28.6 Å². The number of fused-ring (bicyclic) bond motifs is 4. The molecule has 1 amide bonds. The van der Waals surface area contributed by atoms with Crippen molar-refractivity contribution in [1.29, 1.82) is 0 Å². The summed E-state index contributed by atoms with van der Waals surface area (Å²) in [4.78, 5) is 40.0. The van der Waals surface area contributed by atoms with E-state index in [1.54, 1.807) is 0 Å². The van der Waals surface area contributed by atoms with Gasteiger partial charge in [0.1, 0.15) is 6.61 Å². The van der Waals surface area contributed by atoms with Crippen molar-refractivity contribution in [2.24, 2.45) is 23.3 Å². The summed E-state index contributed by atoms with van der Waals surface area (Å²) in [5, 5.41) is 3.32. The lowest BCUT2D eigenvalue weighted by Crippen LogP contribution is -2.55. The zero-order valence-electron chi connectivity index (χ0n) is 17.5. The van der Waals surface area contributed by atoms with E-state index < -0.39 is 23.5 Å². The smallest absolute Gasteiger partial charge is 0.404 e. The fourth-order valence-electron chi connectivity index (χ4n) is 5.89. The largest absolute Gasteiger partial charge is 0.449 e. The van der Waals surface area contributed by atoms with Gasteiger partial charge in [0.2, 0.25) is 11.6 Å². The van der Waals surface area contributed by atoms with Crippen LogP contribution in [-0.4, -0.2) is 73.8 Å². The third kappa shape index (κ3) is 2.92. The number of nitrogens with zero attached hydrogens (tertiary/aromatic N) is 1. The molecule has 0 spiro atoms. The normalized spacial score (nSPS) is 34.4. The highest BCUT2D eigenvalue weighted by molar-refractivity contribution is 6.25. The zero-order chi connectivity index (χ0) is 21.9. The molecular weight excluding hydrogens is 404 g/mol. The molecule has 10 nitrogen and oxygen atoms in total. The first-order valence-electron chi connectivity index (χ1n) is 10.8. The van der Waals surface area contributed by atoms with Gasteiger partial charge in [-0.2, -0.15) is 0 Å². The third-order valence-electron chi connectivity index (χ3n) is 7.40. The Kier molecular flexibility index (Phi) is 4.83. The average Bonchev–Trinajstić information content (AvgIpc) is 3.10. The van der Waals surface area contributed by atoms with E-state index in [-0.39, 0.29) is 53.6 Å². The predicted octanol–water partition coefficient (Wildman–Crippen LogP) is -0.464. The Bertz CT molecular complexity index is 908. The van der Waals surface area contributed by atoms with Crippen molar-refractivity contribution in [3.8, 4) is 0 Å². The molecule has 0 bridgehead atoms. The number of Topliss-reactive ketones (excluding diaryl/α,β-unsaturated/α-hetero) is 2. The fourth-order valence-corrected chi connectivity index (χ4v) is 5.89. The minimum absolute atomic E-state index is 0.00503. The first kappa shape index (κ1) is 20.5. The molecule has 2 saturated heterocycles. The lowest BCUT2D eigenvalue weighted by molar-refractivity contribution is -0.137. The predicted molar refractivity (Wildman–Crippen MR) is 107 cm³/mol. The number of amides is 1. The van der Waals surface area contributed by atoms with Crippen LogP contribution in [0.4, 0.5) is 4.79 Å². The molecule has 4 unspecified atom stereocenters. The van der Waals surface area contributed by atoms with Crippen molar-refractivity contribution in [1.82, 2.24) is 10.2 Å². The van der Waals surface area contributed by atoms with Gasteiger partial charge in [0.15, 0.2) is 5.72 Å². The first-order chi connectivity index (χ1) is 14.9. The summed E-state index contributed by atoms with van der Waals surface area (Å²) in [6.45, 7) is 0.896. The summed E-state index contributed by atoms with van der Waals surface area (Å²) in [5.41, 5.74) is 10.9. The number of rotatable bonds is 7. The molecule has 0 radical (unpaired) electrons. The number of carbonyl (C=O) groups is 3. The maximum atomic E-state index is 13.5. The Morgan fingerprint density at radius 2 is 1.97 bits per heavy atom. The summed E-state index contributed by atoms with van der Waals surface area (Å²) in [6.07, 6.45) is 3.69. The van der Waals surface area contributed by atoms with Crippen molar-refractivity contribution in [3.63, 3.8) is 0 Å². The van der Waals surface area contributed by atoms with E-state index >= 15 is 0 Å². The van der Waals surface area contributed by atoms with Gasteiger partial charge in [0.05, 0.1) is 35.5 Å². The van der Waals surface area contributed by atoms with E-state index in [1.807, 2.05) is 4.90 Å². The molecule has 5 rings (SSSR count). The quantitative estimate of drug-likeness (QED) is 0.358. The molecule has 31 heavy (non-hydrogen) atoms. The molecule has 168 valence electrons. The lowest BCUT2D eigenvalue weighted by Gasteiger charge is -2.39. The number of primary amides is 1. The Balaban J connectivity index is 1.44. The molecule has 3 heterocycles. The van der Waals surface area contributed by atoms with Crippen LogP contribution in [0.5, 0.6) is 0 Å². The number of nitrogens with two attached hydrogens (primary N) is 2. The van der Waals surface area contributed by atoms with Crippen LogP contribution in [0.3, 0.4) is 0 Å². The zero-order valence-corrected chi connectivity index (χ0v) is 17.5. The van der Waals surface area contributed by atoms with Crippen LogP contribution in [0.1, 0.15) is 25.7 Å². The third-order valence-corrected chi connectivity index (χ3v) is 7.40. The molecular formula is C21H28N4O6. The highest BCUT2D eigenvalue weighted by Crippen LogP contribution is 2.55. The minimum atomic E-state index is -1.00. The van der Waals surface area contributed by atoms with E-state index in [0.717, 1.165) is 12.8 Å². The second-order valence-corrected chi connectivity index (χ2v) is 8.98. The Hall–Kier alpha value is -2.43. The van der Waals surface area contributed by atoms with Crippen molar-refractivity contribution in [2.75, 3.05) is 33.5 Å². The molecule has 1 saturated carbocycles. The SMILES string of the molecule is COC12C(COC(N)=O)C3=C(C(=O)C(COCC4CCCC4)=C(N)C3=O)N1CC1NC12. The number of nitrogens with one attached hydrogen (secondary N) is 1. The molecule has 0 aromatic heterocycles. The van der Waals surface area contributed by atoms with E-state index in [9.17, 15) is 14.4 Å². The van der Waals surface area contributed by atoms with Crippen LogP contribution in [0, 0.1) is 11.8 Å². The van der Waals surface area contributed by atoms with Crippen LogP contribution in [0.15, 0.2) is 22.5 Å². The van der Waals surface area contributed by atoms with Crippen LogP contribution in [-0.2, 0) is 23.8 Å². The summed E-state index contributed by atoms with van der Waals surface area (Å²) in [6, 6.07) is 0.0479. The molecule has 10 heteroatoms. The molecule has 0 aromatic carbocycles. The lowest BCUT2D eigenvalue weighted by atomic mass is 9.82. The molecule has 4 atom stereocenters. The Morgan fingerprint density at radius 1 is 1.23 bits per heavy atom. The van der Waals surface area contributed by atoms with Gasteiger partial charge < -0.3 is 35.9 Å². The van der Waals surface area contributed by atoms with Gasteiger partial charge in [-0.3, -0.25) is 9.59 Å².